The number of hydrogen-bond donors (Lipinski definition) is 1. The van der Waals surface area contributed by atoms with Crippen molar-refractivity contribution in [1.29, 1.82) is 0 Å². The summed E-state index contributed by atoms with van der Waals surface area (Å²) >= 11 is 0. The van der Waals surface area contributed by atoms with Crippen LogP contribution in [0.2, 0.25) is 0 Å². The summed E-state index contributed by atoms with van der Waals surface area (Å²) in [6, 6.07) is 1.71. The average Bonchev–Trinajstić information content (AvgIpc) is 3.10. The molecule has 0 radical (unpaired) electrons. The molecule has 140 valence electrons. The van der Waals surface area contributed by atoms with Crippen molar-refractivity contribution in [3.63, 3.8) is 0 Å². The van der Waals surface area contributed by atoms with E-state index in [-0.39, 0.29) is 30.3 Å². The summed E-state index contributed by atoms with van der Waals surface area (Å²) in [6.07, 6.45) is 0.854. The van der Waals surface area contributed by atoms with E-state index >= 15 is 0 Å². The third kappa shape index (κ3) is 4.54. The standard InChI is InChI=1S/C17H25N3O4.ClH/c1-12-11-14(13(2)24-12)16(21)18-4-6-20-5-3-15(17(20)22)19-7-9-23-10-8-19;/h11,15H,3-10H2,1-2H3,(H,18,21);1H. The number of amides is 2. The van der Waals surface area contributed by atoms with Crippen molar-refractivity contribution in [1.82, 2.24) is 15.1 Å². The topological polar surface area (TPSA) is 75.0 Å². The van der Waals surface area contributed by atoms with Crippen LogP contribution in [0.3, 0.4) is 0 Å². The minimum atomic E-state index is -0.152. The molecule has 1 atom stereocenters. The molecule has 0 aromatic carbocycles. The molecule has 2 aliphatic rings. The van der Waals surface area contributed by atoms with Gasteiger partial charge in [-0.25, -0.2) is 0 Å². The van der Waals surface area contributed by atoms with E-state index in [2.05, 4.69) is 10.2 Å². The second-order valence-electron chi connectivity index (χ2n) is 6.36. The highest BCUT2D eigenvalue weighted by molar-refractivity contribution is 5.95. The zero-order chi connectivity index (χ0) is 17.1. The lowest BCUT2D eigenvalue weighted by Gasteiger charge is -2.31. The molecule has 1 aromatic rings. The number of likely N-dealkylation sites (tertiary alicyclic amines) is 1. The maximum atomic E-state index is 12.5. The Labute approximate surface area is 154 Å². The second-order valence-corrected chi connectivity index (χ2v) is 6.36. The number of ether oxygens (including phenoxy) is 1. The number of nitrogens with zero attached hydrogens (tertiary/aromatic N) is 2. The summed E-state index contributed by atoms with van der Waals surface area (Å²) in [5.74, 6) is 1.36. The smallest absolute Gasteiger partial charge is 0.254 e. The fraction of sp³-hybridized carbons (Fsp3) is 0.647. The monoisotopic (exact) mass is 371 g/mol. The molecule has 8 heteroatoms. The molecule has 3 heterocycles. The molecule has 2 saturated heterocycles. The molecule has 7 nitrogen and oxygen atoms in total. The van der Waals surface area contributed by atoms with Gasteiger partial charge < -0.3 is 19.4 Å². The Kier molecular flexibility index (Phi) is 6.87. The Bertz CT molecular complexity index is 613. The molecule has 0 spiro atoms. The van der Waals surface area contributed by atoms with Gasteiger partial charge in [0.05, 0.1) is 24.8 Å². The summed E-state index contributed by atoms with van der Waals surface area (Å²) in [7, 11) is 0. The van der Waals surface area contributed by atoms with Gasteiger partial charge in [-0.05, 0) is 26.3 Å². The van der Waals surface area contributed by atoms with Crippen molar-refractivity contribution in [3.8, 4) is 0 Å². The van der Waals surface area contributed by atoms with Crippen LogP contribution >= 0.6 is 12.4 Å². The number of rotatable bonds is 5. The van der Waals surface area contributed by atoms with Gasteiger partial charge in [-0.1, -0.05) is 0 Å². The van der Waals surface area contributed by atoms with Crippen LogP contribution in [-0.4, -0.2) is 73.6 Å². The molecule has 2 amide bonds. The van der Waals surface area contributed by atoms with Gasteiger partial charge in [-0.3, -0.25) is 14.5 Å². The van der Waals surface area contributed by atoms with Crippen molar-refractivity contribution >= 4 is 24.2 Å². The summed E-state index contributed by atoms with van der Waals surface area (Å²) in [5.41, 5.74) is 0.562. The Morgan fingerprint density at radius 1 is 1.28 bits per heavy atom. The van der Waals surface area contributed by atoms with Gasteiger partial charge in [0.1, 0.15) is 11.5 Å². The van der Waals surface area contributed by atoms with E-state index in [1.54, 1.807) is 13.0 Å². The molecular formula is C17H26ClN3O4. The van der Waals surface area contributed by atoms with E-state index in [1.807, 2.05) is 11.8 Å². The lowest BCUT2D eigenvalue weighted by atomic mass is 10.2. The predicted molar refractivity (Wildman–Crippen MR) is 95.1 cm³/mol. The van der Waals surface area contributed by atoms with Crippen LogP contribution in [0.15, 0.2) is 10.5 Å². The van der Waals surface area contributed by atoms with Crippen molar-refractivity contribution in [2.24, 2.45) is 0 Å². The number of hydrogen-bond acceptors (Lipinski definition) is 5. The molecule has 25 heavy (non-hydrogen) atoms. The summed E-state index contributed by atoms with van der Waals surface area (Å²) in [5, 5.41) is 2.87. The number of aryl methyl sites for hydroxylation is 2. The van der Waals surface area contributed by atoms with Gasteiger partial charge in [0, 0.05) is 32.7 Å². The van der Waals surface area contributed by atoms with E-state index in [0.717, 1.165) is 31.8 Å². The molecule has 1 N–H and O–H groups in total. The van der Waals surface area contributed by atoms with E-state index in [1.165, 1.54) is 0 Å². The first-order valence-electron chi connectivity index (χ1n) is 8.52. The minimum absolute atomic E-state index is 0. The third-order valence-corrected chi connectivity index (χ3v) is 4.71. The van der Waals surface area contributed by atoms with Gasteiger partial charge in [0.15, 0.2) is 0 Å². The molecule has 1 aromatic heterocycles. The minimum Gasteiger partial charge on any atom is -0.466 e. The Hall–Kier alpha value is -1.57. The zero-order valence-corrected chi connectivity index (χ0v) is 15.6. The number of carbonyl (C=O) groups is 2. The van der Waals surface area contributed by atoms with Crippen LogP contribution in [0.1, 0.15) is 28.3 Å². The SMILES string of the molecule is Cc1cc(C(=O)NCCN2CCC(N3CCOCC3)C2=O)c(C)o1.Cl. The van der Waals surface area contributed by atoms with Crippen molar-refractivity contribution < 1.29 is 18.7 Å². The number of furan rings is 1. The largest absolute Gasteiger partial charge is 0.466 e. The van der Waals surface area contributed by atoms with Crippen molar-refractivity contribution in [2.45, 2.75) is 26.3 Å². The van der Waals surface area contributed by atoms with Crippen molar-refractivity contribution in [3.05, 3.63) is 23.2 Å². The summed E-state index contributed by atoms with van der Waals surface area (Å²) in [4.78, 5) is 28.7. The molecule has 1 unspecified atom stereocenters. The van der Waals surface area contributed by atoms with Crippen LogP contribution in [0.4, 0.5) is 0 Å². The maximum Gasteiger partial charge on any atom is 0.254 e. The highest BCUT2D eigenvalue weighted by Crippen LogP contribution is 2.18. The summed E-state index contributed by atoms with van der Waals surface area (Å²) in [6.45, 7) is 8.37. The van der Waals surface area contributed by atoms with Gasteiger partial charge >= 0.3 is 0 Å². The number of carbonyl (C=O) groups excluding carboxylic acids is 2. The van der Waals surface area contributed by atoms with E-state index in [4.69, 9.17) is 9.15 Å². The normalized spacial score (nSPS) is 21.3. The molecule has 0 bridgehead atoms. The highest BCUT2D eigenvalue weighted by Gasteiger charge is 2.36. The van der Waals surface area contributed by atoms with E-state index < -0.39 is 0 Å². The quantitative estimate of drug-likeness (QED) is 0.835. The highest BCUT2D eigenvalue weighted by atomic mass is 35.5. The molecule has 0 saturated carbocycles. The van der Waals surface area contributed by atoms with Crippen LogP contribution in [0, 0.1) is 13.8 Å². The van der Waals surface area contributed by atoms with Crippen LogP contribution in [0.5, 0.6) is 0 Å². The number of nitrogens with one attached hydrogen (secondary N) is 1. The first-order chi connectivity index (χ1) is 11.6. The first-order valence-corrected chi connectivity index (χ1v) is 8.52. The van der Waals surface area contributed by atoms with Crippen LogP contribution in [-0.2, 0) is 9.53 Å². The number of halogens is 1. The molecular weight excluding hydrogens is 346 g/mol. The average molecular weight is 372 g/mol. The number of morpholine rings is 1. The van der Waals surface area contributed by atoms with Gasteiger partial charge in [-0.2, -0.15) is 0 Å². The van der Waals surface area contributed by atoms with Crippen LogP contribution < -0.4 is 5.32 Å². The van der Waals surface area contributed by atoms with Crippen molar-refractivity contribution in [2.75, 3.05) is 45.9 Å². The van der Waals surface area contributed by atoms with E-state index in [0.29, 0.717) is 37.6 Å². The predicted octanol–water partition coefficient (Wildman–Crippen LogP) is 0.981. The molecule has 2 aliphatic heterocycles. The molecule has 0 aliphatic carbocycles. The van der Waals surface area contributed by atoms with Gasteiger partial charge in [0.25, 0.3) is 5.91 Å². The van der Waals surface area contributed by atoms with E-state index in [9.17, 15) is 9.59 Å². The third-order valence-electron chi connectivity index (χ3n) is 4.71. The zero-order valence-electron chi connectivity index (χ0n) is 14.7. The maximum absolute atomic E-state index is 12.5. The molecule has 2 fully saturated rings. The Morgan fingerprint density at radius 2 is 2.00 bits per heavy atom. The van der Waals surface area contributed by atoms with Gasteiger partial charge in [-0.15, -0.1) is 12.4 Å². The fourth-order valence-electron chi connectivity index (χ4n) is 3.43. The Balaban J connectivity index is 0.00000225. The Morgan fingerprint density at radius 3 is 2.64 bits per heavy atom. The summed E-state index contributed by atoms with van der Waals surface area (Å²) < 4.78 is 10.7. The lowest BCUT2D eigenvalue weighted by molar-refractivity contribution is -0.133. The van der Waals surface area contributed by atoms with Crippen LogP contribution in [0.25, 0.3) is 0 Å². The lowest BCUT2D eigenvalue weighted by Crippen LogP contribution is -2.48. The fourth-order valence-corrected chi connectivity index (χ4v) is 3.43. The first kappa shape index (κ1) is 19.8. The molecule has 3 rings (SSSR count). The van der Waals surface area contributed by atoms with Gasteiger partial charge in [0.2, 0.25) is 5.91 Å². The second kappa shape index (κ2) is 8.69.